The van der Waals surface area contributed by atoms with Gasteiger partial charge in [0.1, 0.15) is 11.4 Å². The van der Waals surface area contributed by atoms with Gasteiger partial charge in [0, 0.05) is 5.56 Å². The minimum atomic E-state index is 0.456. The Morgan fingerprint density at radius 1 is 1.19 bits per heavy atom. The Balaban J connectivity index is 2.59. The van der Waals surface area contributed by atoms with Crippen LogP contribution in [-0.2, 0) is 0 Å². The topological polar surface area (TPSA) is 35.0 Å². The Kier molecular flexibility index (Phi) is 3.12. The van der Waals surface area contributed by atoms with Crippen LogP contribution in [0.4, 0.5) is 0 Å². The maximum atomic E-state index is 5.98. The zero-order chi connectivity index (χ0) is 11.7. The molecule has 0 fully saturated rings. The summed E-state index contributed by atoms with van der Waals surface area (Å²) >= 11 is 7.10. The lowest BCUT2D eigenvalue weighted by atomic mass is 10.0. The molecule has 1 aromatic carbocycles. The van der Waals surface area contributed by atoms with E-state index in [4.69, 9.17) is 16.3 Å². The van der Waals surface area contributed by atoms with Crippen molar-refractivity contribution in [3.8, 4) is 17.0 Å². The molecule has 1 aromatic heterocycles. The van der Waals surface area contributed by atoms with Crippen molar-refractivity contribution in [1.82, 2.24) is 8.75 Å². The highest BCUT2D eigenvalue weighted by Gasteiger charge is 2.13. The summed E-state index contributed by atoms with van der Waals surface area (Å²) in [7, 11) is 1.67. The molecule has 0 atom stereocenters. The molecule has 0 saturated heterocycles. The van der Waals surface area contributed by atoms with Crippen molar-refractivity contribution in [3.05, 3.63) is 28.4 Å². The third-order valence-electron chi connectivity index (χ3n) is 2.45. The standard InChI is InChI=1S/C11H11ClN2OS/c1-6-5-9(15-3)7(2)4-8(6)10-11(12)14-16-13-10/h4-5H,1-3H3. The normalized spacial score (nSPS) is 10.5. The second kappa shape index (κ2) is 4.39. The van der Waals surface area contributed by atoms with Crippen molar-refractivity contribution in [2.45, 2.75) is 13.8 Å². The van der Waals surface area contributed by atoms with E-state index in [1.54, 1.807) is 7.11 Å². The van der Waals surface area contributed by atoms with Gasteiger partial charge in [-0.2, -0.15) is 8.75 Å². The number of hydrogen-bond donors (Lipinski definition) is 0. The fourth-order valence-electron chi connectivity index (χ4n) is 1.60. The molecule has 0 unspecified atom stereocenters. The van der Waals surface area contributed by atoms with Crippen LogP contribution in [0.25, 0.3) is 11.3 Å². The highest BCUT2D eigenvalue weighted by Crippen LogP contribution is 2.32. The molecule has 0 spiro atoms. The first-order valence-corrected chi connectivity index (χ1v) is 5.88. The molecule has 3 nitrogen and oxygen atoms in total. The average molecular weight is 255 g/mol. The number of hydrogen-bond acceptors (Lipinski definition) is 4. The smallest absolute Gasteiger partial charge is 0.170 e. The molecule has 0 aliphatic carbocycles. The monoisotopic (exact) mass is 254 g/mol. The van der Waals surface area contributed by atoms with Crippen LogP contribution >= 0.6 is 23.3 Å². The van der Waals surface area contributed by atoms with Gasteiger partial charge in [0.2, 0.25) is 0 Å². The Bertz CT molecular complexity index is 525. The van der Waals surface area contributed by atoms with Crippen molar-refractivity contribution >= 4 is 23.3 Å². The van der Waals surface area contributed by atoms with E-state index in [0.29, 0.717) is 5.15 Å². The molecule has 2 rings (SSSR count). The molecule has 0 saturated carbocycles. The first kappa shape index (κ1) is 11.4. The molecule has 16 heavy (non-hydrogen) atoms. The molecule has 0 aliphatic heterocycles. The lowest BCUT2D eigenvalue weighted by molar-refractivity contribution is 0.411. The van der Waals surface area contributed by atoms with Gasteiger partial charge in [-0.3, -0.25) is 0 Å². The van der Waals surface area contributed by atoms with E-state index < -0.39 is 0 Å². The minimum Gasteiger partial charge on any atom is -0.496 e. The molecule has 0 amide bonds. The summed E-state index contributed by atoms with van der Waals surface area (Å²) in [5.74, 6) is 0.876. The fraction of sp³-hybridized carbons (Fsp3) is 0.273. The zero-order valence-electron chi connectivity index (χ0n) is 9.24. The Labute approximate surface area is 103 Å². The summed E-state index contributed by atoms with van der Waals surface area (Å²) in [5, 5.41) is 0.456. The third kappa shape index (κ3) is 1.90. The van der Waals surface area contributed by atoms with Gasteiger partial charge < -0.3 is 4.74 Å². The number of rotatable bonds is 2. The highest BCUT2D eigenvalue weighted by atomic mass is 35.5. The summed E-state index contributed by atoms with van der Waals surface area (Å²) < 4.78 is 13.4. The molecule has 1 heterocycles. The zero-order valence-corrected chi connectivity index (χ0v) is 10.8. The molecule has 5 heteroatoms. The van der Waals surface area contributed by atoms with Crippen LogP contribution in [0.5, 0.6) is 5.75 Å². The van der Waals surface area contributed by atoms with E-state index in [2.05, 4.69) is 8.75 Å². The van der Waals surface area contributed by atoms with Gasteiger partial charge in [-0.15, -0.1) is 0 Å². The Morgan fingerprint density at radius 2 is 1.94 bits per heavy atom. The summed E-state index contributed by atoms with van der Waals surface area (Å²) in [5.41, 5.74) is 3.90. The number of benzene rings is 1. The van der Waals surface area contributed by atoms with E-state index in [9.17, 15) is 0 Å². The highest BCUT2D eigenvalue weighted by molar-refractivity contribution is 6.99. The van der Waals surface area contributed by atoms with Crippen molar-refractivity contribution in [2.75, 3.05) is 7.11 Å². The first-order chi connectivity index (χ1) is 7.63. The number of aromatic nitrogens is 2. The van der Waals surface area contributed by atoms with Crippen LogP contribution in [0, 0.1) is 13.8 Å². The average Bonchev–Trinajstić information content (AvgIpc) is 2.67. The van der Waals surface area contributed by atoms with Crippen molar-refractivity contribution < 1.29 is 4.74 Å². The van der Waals surface area contributed by atoms with Crippen molar-refractivity contribution in [3.63, 3.8) is 0 Å². The molecule has 0 bridgehead atoms. The van der Waals surface area contributed by atoms with Gasteiger partial charge in [-0.25, -0.2) is 0 Å². The summed E-state index contributed by atoms with van der Waals surface area (Å²) in [6.45, 7) is 4.00. The van der Waals surface area contributed by atoms with E-state index >= 15 is 0 Å². The molecular formula is C11H11ClN2OS. The summed E-state index contributed by atoms with van der Waals surface area (Å²) in [6, 6.07) is 4.01. The molecule has 0 N–H and O–H groups in total. The lowest BCUT2D eigenvalue weighted by Crippen LogP contribution is -1.91. The van der Waals surface area contributed by atoms with Gasteiger partial charge in [0.15, 0.2) is 5.15 Å². The van der Waals surface area contributed by atoms with Gasteiger partial charge >= 0.3 is 0 Å². The molecular weight excluding hydrogens is 244 g/mol. The van der Waals surface area contributed by atoms with E-state index in [-0.39, 0.29) is 0 Å². The Morgan fingerprint density at radius 3 is 2.50 bits per heavy atom. The van der Waals surface area contributed by atoms with Crippen molar-refractivity contribution in [1.29, 1.82) is 0 Å². The summed E-state index contributed by atoms with van der Waals surface area (Å²) in [4.78, 5) is 0. The number of aryl methyl sites for hydroxylation is 2. The second-order valence-electron chi connectivity index (χ2n) is 3.54. The predicted octanol–water partition coefficient (Wildman–Crippen LogP) is 3.48. The predicted molar refractivity (Wildman–Crippen MR) is 66.4 cm³/mol. The van der Waals surface area contributed by atoms with Gasteiger partial charge in [-0.05, 0) is 37.1 Å². The van der Waals surface area contributed by atoms with E-state index in [1.165, 1.54) is 0 Å². The SMILES string of the molecule is COc1cc(C)c(-c2nsnc2Cl)cc1C. The van der Waals surface area contributed by atoms with Crippen molar-refractivity contribution in [2.24, 2.45) is 0 Å². The molecule has 0 radical (unpaired) electrons. The van der Waals surface area contributed by atoms with Crippen LogP contribution in [0.1, 0.15) is 11.1 Å². The van der Waals surface area contributed by atoms with Gasteiger partial charge in [0.05, 0.1) is 18.8 Å². The first-order valence-electron chi connectivity index (χ1n) is 4.77. The largest absolute Gasteiger partial charge is 0.496 e. The quantitative estimate of drug-likeness (QED) is 0.823. The van der Waals surface area contributed by atoms with Crippen LogP contribution < -0.4 is 4.74 Å². The molecule has 2 aromatic rings. The molecule has 0 aliphatic rings. The number of nitrogens with zero attached hydrogens (tertiary/aromatic N) is 2. The third-order valence-corrected chi connectivity index (χ3v) is 3.34. The second-order valence-corrected chi connectivity index (χ2v) is 4.43. The van der Waals surface area contributed by atoms with Crippen LogP contribution in [0.3, 0.4) is 0 Å². The van der Waals surface area contributed by atoms with Crippen LogP contribution in [-0.4, -0.2) is 15.9 Å². The fourth-order valence-corrected chi connectivity index (χ4v) is 2.36. The van der Waals surface area contributed by atoms with Gasteiger partial charge in [-0.1, -0.05) is 11.6 Å². The maximum absolute atomic E-state index is 5.98. The Hall–Kier alpha value is -1.13. The van der Waals surface area contributed by atoms with E-state index in [0.717, 1.165) is 39.9 Å². The lowest BCUT2D eigenvalue weighted by Gasteiger charge is -2.09. The number of halogens is 1. The maximum Gasteiger partial charge on any atom is 0.170 e. The molecule has 84 valence electrons. The van der Waals surface area contributed by atoms with Crippen LogP contribution in [0.2, 0.25) is 5.15 Å². The minimum absolute atomic E-state index is 0.456. The van der Waals surface area contributed by atoms with Crippen LogP contribution in [0.15, 0.2) is 12.1 Å². The van der Waals surface area contributed by atoms with Gasteiger partial charge in [0.25, 0.3) is 0 Å². The number of methoxy groups -OCH3 is 1. The van der Waals surface area contributed by atoms with E-state index in [1.807, 2.05) is 26.0 Å². The summed E-state index contributed by atoms with van der Waals surface area (Å²) in [6.07, 6.45) is 0. The number of ether oxygens (including phenoxy) is 1.